The summed E-state index contributed by atoms with van der Waals surface area (Å²) in [5.74, 6) is 0.990. The predicted octanol–water partition coefficient (Wildman–Crippen LogP) is 5.90. The van der Waals surface area contributed by atoms with Crippen LogP contribution in [0, 0.1) is 13.8 Å². The summed E-state index contributed by atoms with van der Waals surface area (Å²) in [5.41, 5.74) is 2.41. The molecular weight excluding hydrogens is 578 g/mol. The molecule has 12 heteroatoms. The van der Waals surface area contributed by atoms with Crippen LogP contribution in [0.5, 0.6) is 5.75 Å². The molecular formula is C33H43N5O7. The second kappa shape index (κ2) is 13.7. The molecule has 2 atom stereocenters. The summed E-state index contributed by atoms with van der Waals surface area (Å²) in [6.45, 7) is 15.0. The molecule has 1 saturated heterocycles. The first kappa shape index (κ1) is 33.4. The lowest BCUT2D eigenvalue weighted by Gasteiger charge is -2.28. The molecule has 2 N–H and O–H groups in total. The van der Waals surface area contributed by atoms with E-state index in [1.165, 1.54) is 16.0 Å². The first-order valence-electron chi connectivity index (χ1n) is 15.0. The molecule has 0 unspecified atom stereocenters. The number of guanidine groups is 1. The number of alkyl carbamates (subject to hydrolysis) is 1. The summed E-state index contributed by atoms with van der Waals surface area (Å²) in [6, 6.07) is 13.1. The zero-order valence-corrected chi connectivity index (χ0v) is 27.2. The Hall–Kier alpha value is -4.45. The quantitative estimate of drug-likeness (QED) is 0.252. The minimum Gasteiger partial charge on any atom is -0.493 e. The highest BCUT2D eigenvalue weighted by molar-refractivity contribution is 5.99. The minimum atomic E-state index is -0.950. The summed E-state index contributed by atoms with van der Waals surface area (Å²) >= 11 is 0. The number of aromatic nitrogens is 2. The number of nitrogens with zero attached hydrogens (tertiary/aromatic N) is 4. The number of carbonyl (C=O) groups is 2. The minimum absolute atomic E-state index is 0.0916. The van der Waals surface area contributed by atoms with E-state index >= 15 is 0 Å². The third kappa shape index (κ3) is 9.52. The highest BCUT2D eigenvalue weighted by atomic mass is 16.6. The topological polar surface area (TPSA) is 149 Å². The molecule has 1 aliphatic heterocycles. The van der Waals surface area contributed by atoms with Crippen LogP contribution in [0.1, 0.15) is 76.6 Å². The van der Waals surface area contributed by atoms with E-state index in [9.17, 15) is 14.7 Å². The number of rotatable bonds is 6. The molecule has 0 saturated carbocycles. The number of aliphatic hydroxyl groups is 1. The van der Waals surface area contributed by atoms with Crippen molar-refractivity contribution >= 4 is 18.1 Å². The van der Waals surface area contributed by atoms with Gasteiger partial charge in [0.25, 0.3) is 5.89 Å². The van der Waals surface area contributed by atoms with Gasteiger partial charge in [0.2, 0.25) is 11.8 Å². The molecule has 3 aromatic rings. The van der Waals surface area contributed by atoms with Crippen LogP contribution >= 0.6 is 0 Å². The number of likely N-dealkylation sites (tertiary alicyclic amines) is 1. The lowest BCUT2D eigenvalue weighted by atomic mass is 10.1. The molecule has 1 aromatic heterocycles. The fourth-order valence-corrected chi connectivity index (χ4v) is 4.70. The van der Waals surface area contributed by atoms with Crippen molar-refractivity contribution in [2.24, 2.45) is 4.99 Å². The van der Waals surface area contributed by atoms with E-state index in [0.29, 0.717) is 24.4 Å². The maximum atomic E-state index is 12.7. The van der Waals surface area contributed by atoms with Crippen molar-refractivity contribution in [1.29, 1.82) is 0 Å². The second-order valence-corrected chi connectivity index (χ2v) is 13.1. The Bertz CT molecular complexity index is 1520. The fraction of sp³-hybridized carbons (Fsp3) is 0.485. The average Bonchev–Trinajstić information content (AvgIpc) is 3.55. The lowest BCUT2D eigenvalue weighted by Crippen LogP contribution is -2.47. The van der Waals surface area contributed by atoms with Crippen LogP contribution in [0.15, 0.2) is 52.0 Å². The van der Waals surface area contributed by atoms with E-state index in [1.807, 2.05) is 25.1 Å². The van der Waals surface area contributed by atoms with Gasteiger partial charge in [-0.15, -0.1) is 4.99 Å². The monoisotopic (exact) mass is 621 g/mol. The molecule has 1 fully saturated rings. The standard InChI is InChI=1S/C33H43N5O7/c1-20-9-11-22(12-10-20)16-18-42-25-14-13-23(19-21(25)2)27-34-28(45-37-27)26-24(39)15-17-38(26)29(35-30(40)43-32(3,4)5)36-31(41)44-33(6,7)8/h9-14,19,24,26,39H,15-18H2,1-8H3,(H,35,36,40,41)/t24-,26-/m0/s1. The van der Waals surface area contributed by atoms with Gasteiger partial charge in [0.15, 0.2) is 0 Å². The Morgan fingerprint density at radius 2 is 1.73 bits per heavy atom. The Labute approximate surface area is 263 Å². The van der Waals surface area contributed by atoms with Crippen LogP contribution in [0.3, 0.4) is 0 Å². The van der Waals surface area contributed by atoms with Gasteiger partial charge in [-0.1, -0.05) is 35.0 Å². The van der Waals surface area contributed by atoms with E-state index in [1.54, 1.807) is 41.5 Å². The van der Waals surface area contributed by atoms with Gasteiger partial charge < -0.3 is 28.7 Å². The molecule has 45 heavy (non-hydrogen) atoms. The Morgan fingerprint density at radius 1 is 1.04 bits per heavy atom. The van der Waals surface area contributed by atoms with Crippen molar-refractivity contribution in [3.05, 3.63) is 65.0 Å². The first-order chi connectivity index (χ1) is 21.1. The van der Waals surface area contributed by atoms with Crippen molar-refractivity contribution in [2.45, 2.75) is 91.6 Å². The van der Waals surface area contributed by atoms with Gasteiger partial charge in [0.1, 0.15) is 23.0 Å². The van der Waals surface area contributed by atoms with Gasteiger partial charge in [-0.25, -0.2) is 9.59 Å². The number of aryl methyl sites for hydroxylation is 2. The number of aliphatic imine (C=N–C) groups is 1. The Kier molecular flexibility index (Phi) is 10.2. The van der Waals surface area contributed by atoms with Gasteiger partial charge in [0.05, 0.1) is 12.7 Å². The van der Waals surface area contributed by atoms with E-state index < -0.39 is 35.5 Å². The molecule has 4 rings (SSSR count). The van der Waals surface area contributed by atoms with Crippen LogP contribution in [-0.2, 0) is 15.9 Å². The number of hydrogen-bond donors (Lipinski definition) is 2. The summed E-state index contributed by atoms with van der Waals surface area (Å²) in [4.78, 5) is 35.5. The van der Waals surface area contributed by atoms with Crippen LogP contribution in [0.4, 0.5) is 9.59 Å². The predicted molar refractivity (Wildman–Crippen MR) is 168 cm³/mol. The number of aliphatic hydroxyl groups excluding tert-OH is 1. The highest BCUT2D eigenvalue weighted by Gasteiger charge is 2.41. The zero-order valence-electron chi connectivity index (χ0n) is 27.2. The van der Waals surface area contributed by atoms with Crippen LogP contribution in [-0.4, -0.2) is 68.8 Å². The molecule has 2 aromatic carbocycles. The van der Waals surface area contributed by atoms with E-state index in [0.717, 1.165) is 17.7 Å². The van der Waals surface area contributed by atoms with Crippen LogP contribution in [0.2, 0.25) is 0 Å². The summed E-state index contributed by atoms with van der Waals surface area (Å²) in [6.07, 6.45) is -1.62. The number of ether oxygens (including phenoxy) is 3. The largest absolute Gasteiger partial charge is 0.493 e. The third-order valence-corrected chi connectivity index (χ3v) is 6.74. The summed E-state index contributed by atoms with van der Waals surface area (Å²) in [7, 11) is 0. The molecule has 0 bridgehead atoms. The Balaban J connectivity index is 1.52. The normalized spacial score (nSPS) is 17.3. The van der Waals surface area contributed by atoms with Crippen molar-refractivity contribution in [3.8, 4) is 17.1 Å². The van der Waals surface area contributed by atoms with Crippen molar-refractivity contribution < 1.29 is 33.4 Å². The lowest BCUT2D eigenvalue weighted by molar-refractivity contribution is 0.0546. The van der Waals surface area contributed by atoms with Crippen LogP contribution < -0.4 is 10.1 Å². The Morgan fingerprint density at radius 3 is 2.38 bits per heavy atom. The zero-order chi connectivity index (χ0) is 32.9. The first-order valence-corrected chi connectivity index (χ1v) is 15.0. The second-order valence-electron chi connectivity index (χ2n) is 13.1. The third-order valence-electron chi connectivity index (χ3n) is 6.74. The molecule has 2 heterocycles. The number of hydrogen-bond acceptors (Lipinski definition) is 9. The molecule has 0 aliphatic carbocycles. The maximum absolute atomic E-state index is 12.7. The van der Waals surface area contributed by atoms with Crippen molar-refractivity contribution in [3.63, 3.8) is 0 Å². The molecule has 1 aliphatic rings. The number of amides is 2. The van der Waals surface area contributed by atoms with Crippen molar-refractivity contribution in [1.82, 2.24) is 20.4 Å². The number of nitrogens with one attached hydrogen (secondary N) is 1. The van der Waals surface area contributed by atoms with Gasteiger partial charge in [-0.3, -0.25) is 5.32 Å². The van der Waals surface area contributed by atoms with E-state index in [2.05, 4.69) is 51.6 Å². The SMILES string of the molecule is Cc1ccc(CCOc2ccc(-c3noc([C@@H]4[C@@H](O)CCN4C(=NC(=O)OC(C)(C)C)NC(=O)OC(C)(C)C)n3)cc2C)cc1. The molecule has 242 valence electrons. The average molecular weight is 622 g/mol. The van der Waals surface area contributed by atoms with Crippen LogP contribution in [0.25, 0.3) is 11.4 Å². The van der Waals surface area contributed by atoms with Crippen molar-refractivity contribution in [2.75, 3.05) is 13.2 Å². The van der Waals surface area contributed by atoms with Gasteiger partial charge in [0, 0.05) is 18.5 Å². The van der Waals surface area contributed by atoms with E-state index in [-0.39, 0.29) is 18.4 Å². The molecule has 2 amide bonds. The number of benzene rings is 2. The van der Waals surface area contributed by atoms with E-state index in [4.69, 9.17) is 18.7 Å². The fourth-order valence-electron chi connectivity index (χ4n) is 4.70. The molecule has 0 radical (unpaired) electrons. The molecule has 12 nitrogen and oxygen atoms in total. The maximum Gasteiger partial charge on any atom is 0.437 e. The highest BCUT2D eigenvalue weighted by Crippen LogP contribution is 2.33. The smallest absolute Gasteiger partial charge is 0.437 e. The van der Waals surface area contributed by atoms with Gasteiger partial charge >= 0.3 is 12.2 Å². The van der Waals surface area contributed by atoms with Gasteiger partial charge in [-0.05, 0) is 91.1 Å². The molecule has 0 spiro atoms. The number of carbonyl (C=O) groups excluding carboxylic acids is 2. The van der Waals surface area contributed by atoms with Gasteiger partial charge in [-0.2, -0.15) is 4.98 Å². The summed E-state index contributed by atoms with van der Waals surface area (Å²) in [5, 5.41) is 17.6. The summed E-state index contributed by atoms with van der Waals surface area (Å²) < 4.78 is 22.4.